The molecule has 2 N–H and O–H groups in total. The topological polar surface area (TPSA) is 48.4 Å². The zero-order chi connectivity index (χ0) is 12.8. The van der Waals surface area contributed by atoms with E-state index in [0.29, 0.717) is 12.5 Å². The van der Waals surface area contributed by atoms with E-state index in [1.165, 1.54) is 0 Å². The lowest BCUT2D eigenvalue weighted by atomic mass is 9.98. The van der Waals surface area contributed by atoms with Gasteiger partial charge in [0.05, 0.1) is 5.69 Å². The van der Waals surface area contributed by atoms with Gasteiger partial charge < -0.3 is 10.4 Å². The van der Waals surface area contributed by atoms with Gasteiger partial charge in [-0.3, -0.25) is 4.90 Å². The van der Waals surface area contributed by atoms with Crippen molar-refractivity contribution in [1.29, 1.82) is 0 Å². The minimum absolute atomic E-state index is 0.335. The van der Waals surface area contributed by atoms with E-state index < -0.39 is 0 Å². The van der Waals surface area contributed by atoms with Crippen LogP contribution in [0.25, 0.3) is 0 Å². The SMILES string of the molecule is CCNc1cccc(CN2CCC(CO)CC2)n1. The Kier molecular flexibility index (Phi) is 4.96. The standard InChI is InChI=1S/C14H23N3O/c1-2-15-14-5-3-4-13(16-14)10-17-8-6-12(11-18)7-9-17/h3-5,12,18H,2,6-11H2,1H3,(H,15,16). The molecule has 2 rings (SSSR count). The average molecular weight is 249 g/mol. The van der Waals surface area contributed by atoms with Crippen LogP contribution in [0.3, 0.4) is 0 Å². The fourth-order valence-corrected chi connectivity index (χ4v) is 2.40. The molecule has 0 unspecified atom stereocenters. The molecule has 1 aromatic heterocycles. The summed E-state index contributed by atoms with van der Waals surface area (Å²) in [5.41, 5.74) is 1.12. The van der Waals surface area contributed by atoms with E-state index in [9.17, 15) is 0 Å². The molecule has 1 saturated heterocycles. The first-order valence-corrected chi connectivity index (χ1v) is 6.85. The van der Waals surface area contributed by atoms with Crippen LogP contribution in [0, 0.1) is 5.92 Å². The van der Waals surface area contributed by atoms with Crippen LogP contribution in [-0.2, 0) is 6.54 Å². The molecule has 1 aliphatic heterocycles. The highest BCUT2D eigenvalue weighted by Crippen LogP contribution is 2.18. The van der Waals surface area contributed by atoms with Crippen LogP contribution in [0.1, 0.15) is 25.5 Å². The molecule has 4 heteroatoms. The summed E-state index contributed by atoms with van der Waals surface area (Å²) in [7, 11) is 0. The van der Waals surface area contributed by atoms with Gasteiger partial charge in [0.15, 0.2) is 0 Å². The molecule has 1 aromatic rings. The summed E-state index contributed by atoms with van der Waals surface area (Å²) in [5.74, 6) is 1.46. The number of aliphatic hydroxyl groups excluding tert-OH is 1. The maximum Gasteiger partial charge on any atom is 0.126 e. The first-order chi connectivity index (χ1) is 8.81. The number of anilines is 1. The summed E-state index contributed by atoms with van der Waals surface area (Å²) in [6, 6.07) is 6.14. The van der Waals surface area contributed by atoms with Crippen LogP contribution in [0.4, 0.5) is 5.82 Å². The number of nitrogens with zero attached hydrogens (tertiary/aromatic N) is 2. The second-order valence-corrected chi connectivity index (χ2v) is 4.95. The van der Waals surface area contributed by atoms with E-state index in [4.69, 9.17) is 5.11 Å². The number of piperidine rings is 1. The fourth-order valence-electron chi connectivity index (χ4n) is 2.40. The van der Waals surface area contributed by atoms with Crippen molar-refractivity contribution in [1.82, 2.24) is 9.88 Å². The number of hydrogen-bond donors (Lipinski definition) is 2. The minimum Gasteiger partial charge on any atom is -0.396 e. The van der Waals surface area contributed by atoms with E-state index in [2.05, 4.69) is 34.3 Å². The van der Waals surface area contributed by atoms with E-state index in [1.807, 2.05) is 6.07 Å². The third-order valence-corrected chi connectivity index (χ3v) is 3.52. The second kappa shape index (κ2) is 6.71. The largest absolute Gasteiger partial charge is 0.396 e. The summed E-state index contributed by atoms with van der Waals surface area (Å²) in [4.78, 5) is 7.01. The van der Waals surface area contributed by atoms with Gasteiger partial charge in [-0.1, -0.05) is 6.07 Å². The van der Waals surface area contributed by atoms with Gasteiger partial charge in [-0.25, -0.2) is 4.98 Å². The highest BCUT2D eigenvalue weighted by molar-refractivity contribution is 5.34. The molecule has 1 fully saturated rings. The zero-order valence-electron chi connectivity index (χ0n) is 11.1. The molecule has 0 saturated carbocycles. The van der Waals surface area contributed by atoms with E-state index >= 15 is 0 Å². The number of nitrogens with one attached hydrogen (secondary N) is 1. The van der Waals surface area contributed by atoms with E-state index in [1.54, 1.807) is 0 Å². The number of pyridine rings is 1. The molecule has 100 valence electrons. The minimum atomic E-state index is 0.335. The third kappa shape index (κ3) is 3.68. The average Bonchev–Trinajstić information content (AvgIpc) is 2.40. The monoisotopic (exact) mass is 249 g/mol. The van der Waals surface area contributed by atoms with Crippen LogP contribution in [0.15, 0.2) is 18.2 Å². The molecular formula is C14H23N3O. The highest BCUT2D eigenvalue weighted by Gasteiger charge is 2.18. The molecule has 2 heterocycles. The van der Waals surface area contributed by atoms with Gasteiger partial charge in [-0.05, 0) is 50.9 Å². The summed E-state index contributed by atoms with van der Waals surface area (Å²) >= 11 is 0. The molecule has 4 nitrogen and oxygen atoms in total. The van der Waals surface area contributed by atoms with Gasteiger partial charge in [0.25, 0.3) is 0 Å². The maximum atomic E-state index is 9.12. The Morgan fingerprint density at radius 3 is 2.83 bits per heavy atom. The van der Waals surface area contributed by atoms with Crippen LogP contribution >= 0.6 is 0 Å². The first-order valence-electron chi connectivity index (χ1n) is 6.85. The highest BCUT2D eigenvalue weighted by atomic mass is 16.3. The Morgan fingerprint density at radius 1 is 1.39 bits per heavy atom. The molecule has 0 radical (unpaired) electrons. The molecule has 1 aliphatic rings. The molecular weight excluding hydrogens is 226 g/mol. The van der Waals surface area contributed by atoms with Crippen LogP contribution < -0.4 is 5.32 Å². The molecule has 0 aromatic carbocycles. The number of hydrogen-bond acceptors (Lipinski definition) is 4. The maximum absolute atomic E-state index is 9.12. The fraction of sp³-hybridized carbons (Fsp3) is 0.643. The van der Waals surface area contributed by atoms with Gasteiger partial charge in [0.2, 0.25) is 0 Å². The van der Waals surface area contributed by atoms with Crippen molar-refractivity contribution in [3.8, 4) is 0 Å². The van der Waals surface area contributed by atoms with Crippen molar-refractivity contribution < 1.29 is 5.11 Å². The molecule has 0 amide bonds. The number of rotatable bonds is 5. The summed E-state index contributed by atoms with van der Waals surface area (Å²) in [6.45, 7) is 6.36. The van der Waals surface area contributed by atoms with Gasteiger partial charge in [-0.2, -0.15) is 0 Å². The van der Waals surface area contributed by atoms with Crippen molar-refractivity contribution in [2.75, 3.05) is 31.6 Å². The first kappa shape index (κ1) is 13.3. The molecule has 18 heavy (non-hydrogen) atoms. The Morgan fingerprint density at radius 2 is 2.17 bits per heavy atom. The lowest BCUT2D eigenvalue weighted by Crippen LogP contribution is -2.34. The Hall–Kier alpha value is -1.13. The van der Waals surface area contributed by atoms with Gasteiger partial charge in [0.1, 0.15) is 5.82 Å². The van der Waals surface area contributed by atoms with E-state index in [-0.39, 0.29) is 0 Å². The molecule has 0 bridgehead atoms. The van der Waals surface area contributed by atoms with Crippen molar-refractivity contribution in [2.24, 2.45) is 5.92 Å². The van der Waals surface area contributed by atoms with Crippen molar-refractivity contribution in [2.45, 2.75) is 26.3 Å². The van der Waals surface area contributed by atoms with Gasteiger partial charge in [0, 0.05) is 19.7 Å². The van der Waals surface area contributed by atoms with Gasteiger partial charge in [-0.15, -0.1) is 0 Å². The predicted molar refractivity (Wildman–Crippen MR) is 73.5 cm³/mol. The molecule has 0 atom stereocenters. The quantitative estimate of drug-likeness (QED) is 0.834. The van der Waals surface area contributed by atoms with Crippen LogP contribution in [-0.4, -0.2) is 41.2 Å². The van der Waals surface area contributed by atoms with Crippen molar-refractivity contribution >= 4 is 5.82 Å². The molecule has 0 spiro atoms. The predicted octanol–water partition coefficient (Wildman–Crippen LogP) is 1.72. The summed E-state index contributed by atoms with van der Waals surface area (Å²) in [5, 5.41) is 12.4. The van der Waals surface area contributed by atoms with Crippen LogP contribution in [0.2, 0.25) is 0 Å². The summed E-state index contributed by atoms with van der Waals surface area (Å²) in [6.07, 6.45) is 2.20. The second-order valence-electron chi connectivity index (χ2n) is 4.95. The van der Waals surface area contributed by atoms with Gasteiger partial charge >= 0.3 is 0 Å². The number of aliphatic hydroxyl groups is 1. The third-order valence-electron chi connectivity index (χ3n) is 3.52. The van der Waals surface area contributed by atoms with Crippen molar-refractivity contribution in [3.05, 3.63) is 23.9 Å². The summed E-state index contributed by atoms with van der Waals surface area (Å²) < 4.78 is 0. The van der Waals surface area contributed by atoms with E-state index in [0.717, 1.165) is 50.5 Å². The van der Waals surface area contributed by atoms with Crippen molar-refractivity contribution in [3.63, 3.8) is 0 Å². The van der Waals surface area contributed by atoms with Crippen LogP contribution in [0.5, 0.6) is 0 Å². The lowest BCUT2D eigenvalue weighted by molar-refractivity contribution is 0.126. The zero-order valence-corrected chi connectivity index (χ0v) is 11.1. The smallest absolute Gasteiger partial charge is 0.126 e. The Labute approximate surface area is 109 Å². The number of likely N-dealkylation sites (tertiary alicyclic amines) is 1. The molecule has 0 aliphatic carbocycles. The Balaban J connectivity index is 1.87. The Bertz CT molecular complexity index is 362. The number of aromatic nitrogens is 1. The normalized spacial score (nSPS) is 17.9. The lowest BCUT2D eigenvalue weighted by Gasteiger charge is -2.30.